The molecule has 1 aromatic heterocycles. The maximum atomic E-state index is 13.1. The summed E-state index contributed by atoms with van der Waals surface area (Å²) in [4.78, 5) is 19.3. The Labute approximate surface area is 146 Å². The highest BCUT2D eigenvalue weighted by molar-refractivity contribution is 5.79. The van der Waals surface area contributed by atoms with E-state index in [4.69, 9.17) is 4.52 Å². The molecule has 132 valence electrons. The first-order chi connectivity index (χ1) is 12.2. The smallest absolute Gasteiger partial charge is 0.249 e. The van der Waals surface area contributed by atoms with Gasteiger partial charge in [-0.2, -0.15) is 4.98 Å². The summed E-state index contributed by atoms with van der Waals surface area (Å²) in [5.41, 5.74) is 0.708. The monoisotopic (exact) mass is 343 g/mol. The van der Waals surface area contributed by atoms with Gasteiger partial charge in [0.15, 0.2) is 0 Å². The minimum Gasteiger partial charge on any atom is -0.337 e. The minimum absolute atomic E-state index is 0.129. The molecule has 25 heavy (non-hydrogen) atoms. The van der Waals surface area contributed by atoms with Crippen LogP contribution in [0.4, 0.5) is 4.39 Å². The largest absolute Gasteiger partial charge is 0.337 e. The maximum absolute atomic E-state index is 13.1. The Morgan fingerprint density at radius 1 is 1.08 bits per heavy atom. The van der Waals surface area contributed by atoms with E-state index in [1.54, 1.807) is 12.1 Å². The van der Waals surface area contributed by atoms with Crippen molar-refractivity contribution in [2.75, 3.05) is 6.54 Å². The van der Waals surface area contributed by atoms with Gasteiger partial charge in [-0.15, -0.1) is 0 Å². The number of likely N-dealkylation sites (tertiary alicyclic amines) is 1. The fourth-order valence-corrected chi connectivity index (χ4v) is 3.96. The van der Waals surface area contributed by atoms with Crippen LogP contribution in [0.2, 0.25) is 0 Å². The molecular weight excluding hydrogens is 321 g/mol. The molecule has 2 aliphatic rings. The molecule has 1 amide bonds. The number of carbonyl (C=O) groups is 1. The molecule has 1 saturated heterocycles. The van der Waals surface area contributed by atoms with Crippen LogP contribution in [-0.4, -0.2) is 27.5 Å². The number of aromatic nitrogens is 2. The van der Waals surface area contributed by atoms with E-state index in [2.05, 4.69) is 10.1 Å². The van der Waals surface area contributed by atoms with E-state index in [9.17, 15) is 9.18 Å². The van der Waals surface area contributed by atoms with Crippen molar-refractivity contribution in [3.63, 3.8) is 0 Å². The molecular formula is C19H22FN3O2. The van der Waals surface area contributed by atoms with Gasteiger partial charge in [0.05, 0.1) is 0 Å². The van der Waals surface area contributed by atoms with Crippen molar-refractivity contribution in [2.24, 2.45) is 5.92 Å². The zero-order valence-corrected chi connectivity index (χ0v) is 14.2. The number of rotatable bonds is 3. The molecule has 2 fully saturated rings. The van der Waals surface area contributed by atoms with Gasteiger partial charge >= 0.3 is 0 Å². The van der Waals surface area contributed by atoms with E-state index in [1.807, 2.05) is 4.90 Å². The van der Waals surface area contributed by atoms with E-state index in [0.717, 1.165) is 45.1 Å². The number of halogens is 1. The lowest BCUT2D eigenvalue weighted by Crippen LogP contribution is -2.36. The van der Waals surface area contributed by atoms with E-state index >= 15 is 0 Å². The molecule has 1 aliphatic heterocycles. The fraction of sp³-hybridized carbons (Fsp3) is 0.526. The summed E-state index contributed by atoms with van der Waals surface area (Å²) in [5.74, 6) is 1.01. The Bertz CT molecular complexity index is 737. The van der Waals surface area contributed by atoms with Crippen molar-refractivity contribution in [1.29, 1.82) is 0 Å². The Hall–Kier alpha value is -2.24. The first-order valence-corrected chi connectivity index (χ1v) is 9.12. The van der Waals surface area contributed by atoms with Gasteiger partial charge in [-0.25, -0.2) is 4.39 Å². The standard InChI is InChI=1S/C19H22FN3O2/c20-15-10-8-13(9-11-15)17-21-18(25-22-17)16-7-4-12-23(16)19(24)14-5-2-1-3-6-14/h8-11,14,16H,1-7,12H2/t16-/m1/s1. The van der Waals surface area contributed by atoms with Crippen LogP contribution >= 0.6 is 0 Å². The van der Waals surface area contributed by atoms with Gasteiger partial charge < -0.3 is 9.42 Å². The predicted molar refractivity (Wildman–Crippen MR) is 90.0 cm³/mol. The van der Waals surface area contributed by atoms with E-state index < -0.39 is 0 Å². The molecule has 0 N–H and O–H groups in total. The van der Waals surface area contributed by atoms with Crippen molar-refractivity contribution >= 4 is 5.91 Å². The summed E-state index contributed by atoms with van der Waals surface area (Å²) in [6, 6.07) is 5.88. The summed E-state index contributed by atoms with van der Waals surface area (Å²) in [5, 5.41) is 4.02. The van der Waals surface area contributed by atoms with Crippen LogP contribution in [0, 0.1) is 11.7 Å². The molecule has 0 spiro atoms. The summed E-state index contributed by atoms with van der Waals surface area (Å²) in [7, 11) is 0. The van der Waals surface area contributed by atoms with Gasteiger partial charge in [0, 0.05) is 18.0 Å². The van der Waals surface area contributed by atoms with Crippen LogP contribution in [0.25, 0.3) is 11.4 Å². The molecule has 6 heteroatoms. The van der Waals surface area contributed by atoms with Crippen molar-refractivity contribution in [3.05, 3.63) is 36.0 Å². The second kappa shape index (κ2) is 6.94. The van der Waals surface area contributed by atoms with Crippen molar-refractivity contribution < 1.29 is 13.7 Å². The summed E-state index contributed by atoms with van der Waals surface area (Å²) < 4.78 is 18.5. The van der Waals surface area contributed by atoms with Crippen LogP contribution in [0.3, 0.4) is 0 Å². The van der Waals surface area contributed by atoms with Gasteiger partial charge in [0.2, 0.25) is 17.6 Å². The van der Waals surface area contributed by atoms with Gasteiger partial charge in [-0.3, -0.25) is 4.79 Å². The van der Waals surface area contributed by atoms with Crippen LogP contribution in [-0.2, 0) is 4.79 Å². The van der Waals surface area contributed by atoms with Crippen LogP contribution in [0.15, 0.2) is 28.8 Å². The quantitative estimate of drug-likeness (QED) is 0.841. The molecule has 1 aliphatic carbocycles. The minimum atomic E-state index is -0.299. The van der Waals surface area contributed by atoms with Crippen LogP contribution in [0.1, 0.15) is 56.9 Å². The van der Waals surface area contributed by atoms with Gasteiger partial charge in [0.1, 0.15) is 11.9 Å². The molecule has 1 saturated carbocycles. The molecule has 5 nitrogen and oxygen atoms in total. The van der Waals surface area contributed by atoms with Crippen LogP contribution < -0.4 is 0 Å². The summed E-state index contributed by atoms with van der Waals surface area (Å²) in [6.45, 7) is 0.758. The summed E-state index contributed by atoms with van der Waals surface area (Å²) in [6.07, 6.45) is 7.31. The molecule has 0 unspecified atom stereocenters. The van der Waals surface area contributed by atoms with Crippen molar-refractivity contribution in [1.82, 2.24) is 15.0 Å². The third kappa shape index (κ3) is 3.30. The molecule has 4 rings (SSSR count). The zero-order valence-electron chi connectivity index (χ0n) is 14.2. The Balaban J connectivity index is 1.52. The number of nitrogens with zero attached hydrogens (tertiary/aromatic N) is 3. The number of carbonyl (C=O) groups excluding carboxylic acids is 1. The van der Waals surface area contributed by atoms with Gasteiger partial charge in [0.25, 0.3) is 0 Å². The lowest BCUT2D eigenvalue weighted by Gasteiger charge is -2.29. The third-order valence-corrected chi connectivity index (χ3v) is 5.32. The van der Waals surface area contributed by atoms with E-state index in [0.29, 0.717) is 17.3 Å². The lowest BCUT2D eigenvalue weighted by atomic mass is 9.88. The first kappa shape index (κ1) is 16.2. The molecule has 1 aromatic carbocycles. The van der Waals surface area contributed by atoms with E-state index in [-0.39, 0.29) is 23.7 Å². The second-order valence-electron chi connectivity index (χ2n) is 6.99. The SMILES string of the molecule is O=C(C1CCCCC1)N1CCC[C@@H]1c1nc(-c2ccc(F)cc2)no1. The van der Waals surface area contributed by atoms with Gasteiger partial charge in [-0.1, -0.05) is 24.4 Å². The molecule has 2 aromatic rings. The van der Waals surface area contributed by atoms with Crippen LogP contribution in [0.5, 0.6) is 0 Å². The average molecular weight is 343 g/mol. The highest BCUT2D eigenvalue weighted by Gasteiger charge is 2.37. The Morgan fingerprint density at radius 2 is 1.84 bits per heavy atom. The Kier molecular flexibility index (Phi) is 4.51. The lowest BCUT2D eigenvalue weighted by molar-refractivity contribution is -0.138. The highest BCUT2D eigenvalue weighted by atomic mass is 19.1. The molecule has 0 bridgehead atoms. The molecule has 0 radical (unpaired) electrons. The normalized spacial score (nSPS) is 21.6. The molecule has 1 atom stereocenters. The average Bonchev–Trinajstić information content (AvgIpc) is 3.31. The second-order valence-corrected chi connectivity index (χ2v) is 6.99. The maximum Gasteiger partial charge on any atom is 0.249 e. The third-order valence-electron chi connectivity index (χ3n) is 5.32. The number of hydrogen-bond donors (Lipinski definition) is 0. The number of hydrogen-bond acceptors (Lipinski definition) is 4. The predicted octanol–water partition coefficient (Wildman–Crippen LogP) is 4.12. The zero-order chi connectivity index (χ0) is 17.2. The van der Waals surface area contributed by atoms with Crippen molar-refractivity contribution in [3.8, 4) is 11.4 Å². The van der Waals surface area contributed by atoms with E-state index in [1.165, 1.54) is 18.6 Å². The number of benzene rings is 1. The molecule has 2 heterocycles. The number of amides is 1. The Morgan fingerprint density at radius 3 is 2.60 bits per heavy atom. The van der Waals surface area contributed by atoms with Gasteiger partial charge in [-0.05, 0) is 49.9 Å². The fourth-order valence-electron chi connectivity index (χ4n) is 3.96. The van der Waals surface area contributed by atoms with Crippen molar-refractivity contribution in [2.45, 2.75) is 51.0 Å². The summed E-state index contributed by atoms with van der Waals surface area (Å²) >= 11 is 0. The topological polar surface area (TPSA) is 59.2 Å². The highest BCUT2D eigenvalue weighted by Crippen LogP contribution is 2.35. The first-order valence-electron chi connectivity index (χ1n) is 9.12.